The van der Waals surface area contributed by atoms with Crippen molar-refractivity contribution in [2.45, 2.75) is 0 Å². The van der Waals surface area contributed by atoms with Crippen molar-refractivity contribution in [1.82, 2.24) is 6.15 Å². The van der Waals surface area contributed by atoms with Gasteiger partial charge in [0.05, 0.1) is 0 Å². The quantitative estimate of drug-likeness (QED) is 0.230. The van der Waals surface area contributed by atoms with Gasteiger partial charge in [-0.3, -0.25) is 4.57 Å². The van der Waals surface area contributed by atoms with Crippen LogP contribution in [0.15, 0.2) is 0 Å². The van der Waals surface area contributed by atoms with E-state index >= 15 is 0 Å². The largest absolute Gasteiger partial charge is 1.00 e. The van der Waals surface area contributed by atoms with Crippen molar-refractivity contribution in [3.63, 3.8) is 0 Å². The molecule has 0 aromatic carbocycles. The molecule has 0 aliphatic rings. The van der Waals surface area contributed by atoms with E-state index in [1.165, 1.54) is 0 Å². The van der Waals surface area contributed by atoms with E-state index < -0.39 is 14.0 Å². The third-order valence-electron chi connectivity index (χ3n) is 0. The van der Waals surface area contributed by atoms with E-state index in [-0.39, 0.29) is 57.5 Å². The maximum Gasteiger partial charge on any atom is 1.00 e. The van der Waals surface area contributed by atoms with Crippen LogP contribution in [0.3, 0.4) is 0 Å². The Balaban J connectivity index is -0.0000000383. The second kappa shape index (κ2) is 11.0. The maximum absolute atomic E-state index is 8.77. The predicted octanol–water partition coefficient (Wildman–Crippen LogP) is -5.29. The average molecular weight is 215 g/mol. The molecule has 0 saturated heterocycles. The molecule has 0 amide bonds. The Morgan fingerprint density at radius 2 is 1.36 bits per heavy atom. The second-order valence-electron chi connectivity index (χ2n) is 0.756. The number of carbonyl (C=O) groups is 1. The zero-order chi connectivity index (χ0) is 8.08. The average Bonchev–Trinajstić information content (AvgIpc) is 1.19. The van der Waals surface area contributed by atoms with E-state index in [1.807, 2.05) is 0 Å². The van der Waals surface area contributed by atoms with Crippen LogP contribution in [-0.2, 0) is 4.57 Å². The van der Waals surface area contributed by atoms with Crippen molar-refractivity contribution in [2.24, 2.45) is 0 Å². The third kappa shape index (κ3) is 928. The minimum atomic E-state index is -4.89. The number of quaternary nitrogens is 1. The molecule has 10 heteroatoms. The van der Waals surface area contributed by atoms with Crippen molar-refractivity contribution in [3.8, 4) is 0 Å². The molecule has 0 heterocycles. The molecular formula is CH7KNO7P. The Bertz CT molecular complexity index is 118. The molecule has 8 nitrogen and oxygen atoms in total. The first-order chi connectivity index (χ1) is 3.73. The maximum atomic E-state index is 8.77. The van der Waals surface area contributed by atoms with Gasteiger partial charge in [0.2, 0.25) is 6.16 Å². The van der Waals surface area contributed by atoms with Crippen LogP contribution < -0.4 is 67.5 Å². The van der Waals surface area contributed by atoms with Gasteiger partial charge < -0.3 is 35.8 Å². The molecule has 0 aliphatic heterocycles. The molecule has 0 atom stereocenters. The fourth-order valence-corrected chi connectivity index (χ4v) is 0. The first-order valence-corrected chi connectivity index (χ1v) is 2.93. The SMILES string of the molecule is O=C([O-])O.O=P([O-])(O)O.[K+].[NH4+]. The molecule has 0 aromatic rings. The van der Waals surface area contributed by atoms with Crippen molar-refractivity contribution >= 4 is 14.0 Å². The van der Waals surface area contributed by atoms with Crippen molar-refractivity contribution in [3.05, 3.63) is 0 Å². The molecule has 0 fully saturated rings. The molecule has 0 aromatic heterocycles. The number of hydrogen-bond donors (Lipinski definition) is 4. The van der Waals surface area contributed by atoms with Gasteiger partial charge in [-0.2, -0.15) is 0 Å². The summed E-state index contributed by atoms with van der Waals surface area (Å²) in [5.41, 5.74) is 0. The van der Waals surface area contributed by atoms with Gasteiger partial charge in [-0.05, 0) is 0 Å². The smallest absolute Gasteiger partial charge is 0.756 e. The molecule has 7 N–H and O–H groups in total. The predicted molar refractivity (Wildman–Crippen MR) is 26.1 cm³/mol. The van der Waals surface area contributed by atoms with Crippen LogP contribution in [0, 0.1) is 0 Å². The zero-order valence-electron chi connectivity index (χ0n) is 5.92. The van der Waals surface area contributed by atoms with Crippen LogP contribution in [-0.4, -0.2) is 21.0 Å². The summed E-state index contributed by atoms with van der Waals surface area (Å²) < 4.78 is 8.77. The van der Waals surface area contributed by atoms with E-state index in [9.17, 15) is 0 Å². The number of hydrogen-bond acceptors (Lipinski definition) is 4. The minimum absolute atomic E-state index is 0. The zero-order valence-corrected chi connectivity index (χ0v) is 9.94. The Morgan fingerprint density at radius 3 is 1.36 bits per heavy atom. The van der Waals surface area contributed by atoms with E-state index in [4.69, 9.17) is 34.3 Å². The van der Waals surface area contributed by atoms with Gasteiger partial charge >= 0.3 is 51.4 Å². The van der Waals surface area contributed by atoms with E-state index in [0.717, 1.165) is 0 Å². The molecule has 0 saturated carbocycles. The van der Waals surface area contributed by atoms with E-state index in [2.05, 4.69) is 0 Å². The molecular weight excluding hydrogens is 208 g/mol. The third-order valence-corrected chi connectivity index (χ3v) is 0. The molecule has 0 unspecified atom stereocenters. The summed E-state index contributed by atoms with van der Waals surface area (Å²) in [6.07, 6.45) is -2.08. The van der Waals surface area contributed by atoms with E-state index in [0.29, 0.717) is 0 Å². The van der Waals surface area contributed by atoms with Crippen LogP contribution in [0.1, 0.15) is 0 Å². The van der Waals surface area contributed by atoms with Gasteiger partial charge in [-0.1, -0.05) is 0 Å². The molecule has 64 valence electrons. The topological polar surface area (TPSA) is 177 Å². The standard InChI is InChI=1S/CH2O3.K.H3N.H3O4P/c2-1(3)4;;;1-5(2,3)4/h(H2,2,3,4);;1H3;(H3,1,2,3,4)/q;+1;;/p-1. The summed E-state index contributed by atoms with van der Waals surface area (Å²) in [7, 11) is -4.89. The molecule has 0 aliphatic carbocycles. The summed E-state index contributed by atoms with van der Waals surface area (Å²) in [5.74, 6) is 0. The van der Waals surface area contributed by atoms with Gasteiger partial charge in [0.1, 0.15) is 0 Å². The van der Waals surface area contributed by atoms with E-state index in [1.54, 1.807) is 0 Å². The number of phosphoric acid groups is 1. The minimum Gasteiger partial charge on any atom is -0.756 e. The van der Waals surface area contributed by atoms with Crippen molar-refractivity contribution in [2.75, 3.05) is 0 Å². The Hall–Kier alpha value is 0.976. The monoisotopic (exact) mass is 215 g/mol. The summed E-state index contributed by atoms with van der Waals surface area (Å²) >= 11 is 0. The van der Waals surface area contributed by atoms with Crippen LogP contribution >= 0.6 is 7.82 Å². The number of rotatable bonds is 0. The van der Waals surface area contributed by atoms with Gasteiger partial charge in [0.25, 0.3) is 7.82 Å². The Morgan fingerprint density at radius 1 is 1.36 bits per heavy atom. The number of carboxylic acid groups (broad SMARTS) is 2. The second-order valence-corrected chi connectivity index (χ2v) is 1.74. The van der Waals surface area contributed by atoms with Gasteiger partial charge in [-0.15, -0.1) is 0 Å². The summed E-state index contributed by atoms with van der Waals surface area (Å²) in [4.78, 5) is 31.4. The molecule has 0 radical (unpaired) electrons. The van der Waals surface area contributed by atoms with Crippen molar-refractivity contribution < 1.29 is 85.6 Å². The summed E-state index contributed by atoms with van der Waals surface area (Å²) in [6.45, 7) is 0. The van der Waals surface area contributed by atoms with Crippen LogP contribution in [0.2, 0.25) is 0 Å². The van der Waals surface area contributed by atoms with Gasteiger partial charge in [0.15, 0.2) is 0 Å². The summed E-state index contributed by atoms with van der Waals surface area (Å²) in [6, 6.07) is 0. The van der Waals surface area contributed by atoms with Gasteiger partial charge in [0, 0.05) is 0 Å². The Labute approximate surface area is 104 Å². The molecule has 0 bridgehead atoms. The van der Waals surface area contributed by atoms with Gasteiger partial charge in [-0.25, -0.2) is 0 Å². The van der Waals surface area contributed by atoms with Crippen LogP contribution in [0.4, 0.5) is 4.79 Å². The van der Waals surface area contributed by atoms with Crippen LogP contribution in [0.25, 0.3) is 0 Å². The fourth-order valence-electron chi connectivity index (χ4n) is 0. The van der Waals surface area contributed by atoms with Crippen molar-refractivity contribution in [1.29, 1.82) is 0 Å². The normalized spacial score (nSPS) is 7.55. The Kier molecular flexibility index (Phi) is 22.6. The first-order valence-electron chi connectivity index (χ1n) is 1.40. The molecule has 11 heavy (non-hydrogen) atoms. The molecule has 0 rings (SSSR count). The first kappa shape index (κ1) is 22.7. The summed E-state index contributed by atoms with van der Waals surface area (Å²) in [5, 5.41) is 15.3. The fraction of sp³-hybridized carbons (Fsp3) is 0. The molecule has 0 spiro atoms. The van der Waals surface area contributed by atoms with Crippen LogP contribution in [0.5, 0.6) is 0 Å².